The summed E-state index contributed by atoms with van der Waals surface area (Å²) in [6.07, 6.45) is 2.85. The number of benzene rings is 1. The summed E-state index contributed by atoms with van der Waals surface area (Å²) in [7, 11) is -2.87. The Bertz CT molecular complexity index is 767. The molecule has 2 N–H and O–H groups in total. The van der Waals surface area contributed by atoms with Crippen LogP contribution in [0, 0.1) is 0 Å². The first-order valence-electron chi connectivity index (χ1n) is 11.3. The van der Waals surface area contributed by atoms with Crippen molar-refractivity contribution in [3.63, 3.8) is 0 Å². The van der Waals surface area contributed by atoms with Crippen LogP contribution in [-0.4, -0.2) is 87.5 Å². The Morgan fingerprint density at radius 3 is 2.45 bits per heavy atom. The van der Waals surface area contributed by atoms with Crippen LogP contribution >= 0.6 is 24.0 Å². The molecule has 2 aliphatic heterocycles. The molecule has 1 aromatic carbocycles. The zero-order valence-corrected chi connectivity index (χ0v) is 21.8. The second-order valence-electron chi connectivity index (χ2n) is 8.32. The molecule has 0 aliphatic carbocycles. The predicted molar refractivity (Wildman–Crippen MR) is 139 cm³/mol. The number of aliphatic imine (C=N–C) groups is 1. The van der Waals surface area contributed by atoms with Crippen molar-refractivity contribution in [3.05, 3.63) is 35.9 Å². The summed E-state index contributed by atoms with van der Waals surface area (Å²) < 4.78 is 23.3. The van der Waals surface area contributed by atoms with E-state index in [1.165, 1.54) is 5.56 Å². The number of rotatable bonds is 9. The molecule has 1 unspecified atom stereocenters. The number of nitrogens with zero attached hydrogens (tertiary/aromatic N) is 3. The molecule has 0 bridgehead atoms. The SMILES string of the molecule is CCNC(=NCCCCN1CCN(Cc2ccccc2)CC1)NC1CCS(=O)(=O)C1.I. The van der Waals surface area contributed by atoms with Crippen molar-refractivity contribution in [2.45, 2.75) is 38.8 Å². The van der Waals surface area contributed by atoms with E-state index in [0.29, 0.717) is 6.42 Å². The lowest BCUT2D eigenvalue weighted by Crippen LogP contribution is -2.46. The van der Waals surface area contributed by atoms with Gasteiger partial charge in [-0.2, -0.15) is 0 Å². The van der Waals surface area contributed by atoms with Gasteiger partial charge in [0.1, 0.15) is 0 Å². The van der Waals surface area contributed by atoms with Crippen molar-refractivity contribution in [1.29, 1.82) is 0 Å². The molecule has 0 radical (unpaired) electrons. The largest absolute Gasteiger partial charge is 0.357 e. The fourth-order valence-electron chi connectivity index (χ4n) is 4.07. The number of hydrogen-bond donors (Lipinski definition) is 2. The second kappa shape index (κ2) is 13.6. The molecule has 176 valence electrons. The molecule has 2 fully saturated rings. The van der Waals surface area contributed by atoms with Crippen LogP contribution in [0.1, 0.15) is 31.7 Å². The van der Waals surface area contributed by atoms with Crippen LogP contribution in [0.25, 0.3) is 0 Å². The molecular formula is C22H38IN5O2S. The van der Waals surface area contributed by atoms with Crippen LogP contribution in [0.5, 0.6) is 0 Å². The van der Waals surface area contributed by atoms with Gasteiger partial charge in [-0.3, -0.25) is 9.89 Å². The normalized spacial score (nSPS) is 22.1. The van der Waals surface area contributed by atoms with Crippen LogP contribution in [0.3, 0.4) is 0 Å². The first-order chi connectivity index (χ1) is 14.5. The number of nitrogens with one attached hydrogen (secondary N) is 2. The minimum Gasteiger partial charge on any atom is -0.357 e. The summed E-state index contributed by atoms with van der Waals surface area (Å²) in [6.45, 7) is 10.3. The molecule has 0 aromatic heterocycles. The van der Waals surface area contributed by atoms with Crippen molar-refractivity contribution < 1.29 is 8.42 Å². The van der Waals surface area contributed by atoms with E-state index in [4.69, 9.17) is 0 Å². The summed E-state index contributed by atoms with van der Waals surface area (Å²) >= 11 is 0. The Labute approximate surface area is 205 Å². The zero-order valence-electron chi connectivity index (χ0n) is 18.6. The highest BCUT2D eigenvalue weighted by molar-refractivity contribution is 14.0. The van der Waals surface area contributed by atoms with Crippen molar-refractivity contribution in [2.75, 3.05) is 57.3 Å². The third kappa shape index (κ3) is 9.63. The van der Waals surface area contributed by atoms with Gasteiger partial charge in [0.05, 0.1) is 11.5 Å². The van der Waals surface area contributed by atoms with Crippen molar-refractivity contribution in [2.24, 2.45) is 4.99 Å². The van der Waals surface area contributed by atoms with Gasteiger partial charge >= 0.3 is 0 Å². The first kappa shape index (κ1) is 26.3. The minimum absolute atomic E-state index is 0. The topological polar surface area (TPSA) is 77.0 Å². The number of piperazine rings is 1. The molecule has 0 saturated carbocycles. The van der Waals surface area contributed by atoms with Crippen molar-refractivity contribution >= 4 is 39.8 Å². The maximum Gasteiger partial charge on any atom is 0.191 e. The average molecular weight is 564 g/mol. The van der Waals surface area contributed by atoms with Gasteiger partial charge in [0.25, 0.3) is 0 Å². The molecule has 9 heteroatoms. The van der Waals surface area contributed by atoms with Crippen LogP contribution in [0.2, 0.25) is 0 Å². The number of unbranched alkanes of at least 4 members (excludes halogenated alkanes) is 1. The van der Waals surface area contributed by atoms with Gasteiger partial charge in [-0.1, -0.05) is 30.3 Å². The Kier molecular flexibility index (Phi) is 11.6. The van der Waals surface area contributed by atoms with E-state index in [1.807, 2.05) is 6.92 Å². The van der Waals surface area contributed by atoms with E-state index in [2.05, 4.69) is 55.8 Å². The molecule has 1 aromatic rings. The molecule has 7 nitrogen and oxygen atoms in total. The monoisotopic (exact) mass is 563 g/mol. The summed E-state index contributed by atoms with van der Waals surface area (Å²) in [6, 6.07) is 10.7. The van der Waals surface area contributed by atoms with Crippen LogP contribution < -0.4 is 10.6 Å². The zero-order chi connectivity index (χ0) is 21.2. The summed E-state index contributed by atoms with van der Waals surface area (Å²) in [5.41, 5.74) is 1.39. The lowest BCUT2D eigenvalue weighted by atomic mass is 10.2. The van der Waals surface area contributed by atoms with Gasteiger partial charge in [-0.25, -0.2) is 8.42 Å². The van der Waals surface area contributed by atoms with E-state index in [0.717, 1.165) is 71.2 Å². The number of hydrogen-bond acceptors (Lipinski definition) is 5. The smallest absolute Gasteiger partial charge is 0.191 e. The van der Waals surface area contributed by atoms with Crippen molar-refractivity contribution in [1.82, 2.24) is 20.4 Å². The van der Waals surface area contributed by atoms with E-state index in [9.17, 15) is 8.42 Å². The fraction of sp³-hybridized carbons (Fsp3) is 0.682. The molecular weight excluding hydrogens is 525 g/mol. The molecule has 0 spiro atoms. The molecule has 2 aliphatic rings. The van der Waals surface area contributed by atoms with Crippen LogP contribution in [-0.2, 0) is 16.4 Å². The number of guanidine groups is 1. The third-order valence-corrected chi connectivity index (χ3v) is 7.55. The highest BCUT2D eigenvalue weighted by Crippen LogP contribution is 2.11. The van der Waals surface area contributed by atoms with Crippen LogP contribution in [0.15, 0.2) is 35.3 Å². The van der Waals surface area contributed by atoms with Gasteiger partial charge < -0.3 is 15.5 Å². The molecule has 3 rings (SSSR count). The Morgan fingerprint density at radius 2 is 1.81 bits per heavy atom. The highest BCUT2D eigenvalue weighted by Gasteiger charge is 2.28. The highest BCUT2D eigenvalue weighted by atomic mass is 127. The standard InChI is InChI=1S/C22H37N5O2S.HI/c1-2-23-22(25-21-10-17-30(28,29)19-21)24-11-6-7-12-26-13-15-27(16-14-26)18-20-8-4-3-5-9-20;/h3-5,8-9,21H,2,6-7,10-19H2,1H3,(H2,23,24,25);1H. The van der Waals surface area contributed by atoms with E-state index < -0.39 is 9.84 Å². The Morgan fingerprint density at radius 1 is 1.10 bits per heavy atom. The average Bonchev–Trinajstić information content (AvgIpc) is 3.08. The van der Waals surface area contributed by atoms with Gasteiger partial charge in [0, 0.05) is 51.9 Å². The quantitative estimate of drug-likeness (QED) is 0.207. The maximum absolute atomic E-state index is 11.6. The van der Waals surface area contributed by atoms with Gasteiger partial charge in [-0.05, 0) is 38.3 Å². The van der Waals surface area contributed by atoms with E-state index in [-0.39, 0.29) is 41.5 Å². The molecule has 0 amide bonds. The van der Waals surface area contributed by atoms with E-state index in [1.54, 1.807) is 0 Å². The first-order valence-corrected chi connectivity index (χ1v) is 13.1. The van der Waals surface area contributed by atoms with E-state index >= 15 is 0 Å². The Balaban J connectivity index is 0.00000341. The lowest BCUT2D eigenvalue weighted by molar-refractivity contribution is 0.126. The maximum atomic E-state index is 11.6. The molecule has 1 atom stereocenters. The molecule has 2 heterocycles. The van der Waals surface area contributed by atoms with Gasteiger partial charge in [0.15, 0.2) is 15.8 Å². The van der Waals surface area contributed by atoms with Gasteiger partial charge in [0.2, 0.25) is 0 Å². The van der Waals surface area contributed by atoms with Gasteiger partial charge in [-0.15, -0.1) is 24.0 Å². The predicted octanol–water partition coefficient (Wildman–Crippen LogP) is 1.94. The molecule has 31 heavy (non-hydrogen) atoms. The molecule has 2 saturated heterocycles. The number of sulfone groups is 1. The fourth-order valence-corrected chi connectivity index (χ4v) is 5.75. The minimum atomic E-state index is -2.87. The Hall–Kier alpha value is -0.910. The summed E-state index contributed by atoms with van der Waals surface area (Å²) in [5, 5.41) is 6.51. The lowest BCUT2D eigenvalue weighted by Gasteiger charge is -2.34. The summed E-state index contributed by atoms with van der Waals surface area (Å²) in [5.74, 6) is 1.24. The second-order valence-corrected chi connectivity index (χ2v) is 10.5. The van der Waals surface area contributed by atoms with Crippen LogP contribution in [0.4, 0.5) is 0 Å². The third-order valence-electron chi connectivity index (χ3n) is 5.78. The van der Waals surface area contributed by atoms with Crippen molar-refractivity contribution in [3.8, 4) is 0 Å². The summed E-state index contributed by atoms with van der Waals surface area (Å²) in [4.78, 5) is 9.73. The number of halogens is 1.